The molecule has 0 bridgehead atoms. The maximum atomic E-state index is 12.4. The summed E-state index contributed by atoms with van der Waals surface area (Å²) in [7, 11) is 0. The predicted molar refractivity (Wildman–Crippen MR) is 91.9 cm³/mol. The topological polar surface area (TPSA) is 105 Å². The molecule has 3 rings (SSSR count). The molecule has 2 aromatic carbocycles. The minimum Gasteiger partial charge on any atom is -0.508 e. The first-order chi connectivity index (χ1) is 12.6. The fourth-order valence-corrected chi connectivity index (χ4v) is 2.76. The van der Waals surface area contributed by atoms with Gasteiger partial charge in [0.05, 0.1) is 26.2 Å². The van der Waals surface area contributed by atoms with Crippen LogP contribution < -0.4 is 9.47 Å². The Hall–Kier alpha value is -2.77. The van der Waals surface area contributed by atoms with E-state index in [0.717, 1.165) is 5.56 Å². The Labute approximate surface area is 150 Å². The van der Waals surface area contributed by atoms with Crippen molar-refractivity contribution >= 4 is 5.78 Å². The van der Waals surface area contributed by atoms with Crippen molar-refractivity contribution in [2.75, 3.05) is 26.4 Å². The first kappa shape index (κ1) is 18.0. The smallest absolute Gasteiger partial charge is 0.174 e. The van der Waals surface area contributed by atoms with Crippen LogP contribution in [0.1, 0.15) is 28.4 Å². The molecule has 7 nitrogen and oxygen atoms in total. The molecule has 0 fully saturated rings. The molecule has 1 unspecified atom stereocenters. The zero-order valence-electron chi connectivity index (χ0n) is 14.1. The number of hydrogen-bond donors (Lipinski definition) is 3. The third-order valence-electron chi connectivity index (χ3n) is 3.97. The highest BCUT2D eigenvalue weighted by Crippen LogP contribution is 2.42. The summed E-state index contributed by atoms with van der Waals surface area (Å²) in [5.74, 6) is 0.328. The monoisotopic (exact) mass is 360 g/mol. The Morgan fingerprint density at radius 3 is 2.58 bits per heavy atom. The van der Waals surface area contributed by atoms with Crippen LogP contribution in [0.25, 0.3) is 0 Å². The average Bonchev–Trinajstić information content (AvgIpc) is 2.61. The van der Waals surface area contributed by atoms with E-state index in [1.165, 1.54) is 18.2 Å². The number of aliphatic hydroxyl groups excluding tert-OH is 1. The van der Waals surface area contributed by atoms with E-state index >= 15 is 0 Å². The van der Waals surface area contributed by atoms with Crippen molar-refractivity contribution in [1.29, 1.82) is 0 Å². The van der Waals surface area contributed by atoms with Gasteiger partial charge in [0.1, 0.15) is 41.3 Å². The van der Waals surface area contributed by atoms with Gasteiger partial charge in [-0.2, -0.15) is 0 Å². The molecule has 2 aromatic rings. The van der Waals surface area contributed by atoms with Crippen LogP contribution in [0.3, 0.4) is 0 Å². The number of aromatic hydroxyl groups is 2. The summed E-state index contributed by atoms with van der Waals surface area (Å²) in [5.41, 5.74) is 0.897. The summed E-state index contributed by atoms with van der Waals surface area (Å²) < 4.78 is 16.5. The molecular formula is C19H20O7. The number of fused-ring (bicyclic) bond motifs is 1. The fourth-order valence-electron chi connectivity index (χ4n) is 2.76. The van der Waals surface area contributed by atoms with Crippen LogP contribution in [0.2, 0.25) is 0 Å². The first-order valence-electron chi connectivity index (χ1n) is 8.25. The van der Waals surface area contributed by atoms with Crippen LogP contribution in [0.15, 0.2) is 36.4 Å². The second-order valence-corrected chi connectivity index (χ2v) is 5.83. The third kappa shape index (κ3) is 4.07. The molecule has 0 saturated heterocycles. The fraction of sp³-hybridized carbons (Fsp3) is 0.316. The maximum absolute atomic E-state index is 12.4. The number of carbonyl (C=O) groups excluding carboxylic acids is 1. The third-order valence-corrected chi connectivity index (χ3v) is 3.97. The molecule has 0 amide bonds. The van der Waals surface area contributed by atoms with Gasteiger partial charge in [0.15, 0.2) is 5.78 Å². The van der Waals surface area contributed by atoms with Crippen LogP contribution in [0.4, 0.5) is 0 Å². The van der Waals surface area contributed by atoms with Crippen molar-refractivity contribution in [3.63, 3.8) is 0 Å². The number of carbonyl (C=O) groups is 1. The molecule has 0 aliphatic carbocycles. The summed E-state index contributed by atoms with van der Waals surface area (Å²) in [4.78, 5) is 12.4. The van der Waals surface area contributed by atoms with Gasteiger partial charge in [0.2, 0.25) is 0 Å². The van der Waals surface area contributed by atoms with Crippen molar-refractivity contribution in [2.45, 2.75) is 12.5 Å². The zero-order valence-corrected chi connectivity index (χ0v) is 14.1. The number of benzene rings is 2. The van der Waals surface area contributed by atoms with Crippen LogP contribution in [-0.2, 0) is 4.74 Å². The Balaban J connectivity index is 1.75. The van der Waals surface area contributed by atoms with Gasteiger partial charge in [-0.3, -0.25) is 4.79 Å². The number of rotatable bonds is 7. The first-order valence-corrected chi connectivity index (χ1v) is 8.25. The molecule has 7 heteroatoms. The van der Waals surface area contributed by atoms with Gasteiger partial charge in [0.25, 0.3) is 0 Å². The number of ether oxygens (including phenoxy) is 3. The van der Waals surface area contributed by atoms with E-state index in [-0.39, 0.29) is 61.4 Å². The second kappa shape index (κ2) is 8.07. The Kier molecular flexibility index (Phi) is 5.60. The van der Waals surface area contributed by atoms with E-state index in [9.17, 15) is 15.0 Å². The maximum Gasteiger partial charge on any atom is 0.174 e. The lowest BCUT2D eigenvalue weighted by Gasteiger charge is -2.26. The van der Waals surface area contributed by atoms with Crippen LogP contribution in [0.5, 0.6) is 23.0 Å². The zero-order chi connectivity index (χ0) is 18.5. The molecular weight excluding hydrogens is 340 g/mol. The highest BCUT2D eigenvalue weighted by atomic mass is 16.5. The molecule has 26 heavy (non-hydrogen) atoms. The number of Topliss-reactive ketones (excluding diaryl/α,β-unsaturated/α-hetero) is 1. The van der Waals surface area contributed by atoms with Crippen molar-refractivity contribution in [3.8, 4) is 23.0 Å². The second-order valence-electron chi connectivity index (χ2n) is 5.83. The van der Waals surface area contributed by atoms with Crippen molar-refractivity contribution in [3.05, 3.63) is 47.5 Å². The quantitative estimate of drug-likeness (QED) is 0.650. The number of hydrogen-bond acceptors (Lipinski definition) is 7. The predicted octanol–water partition coefficient (Wildman–Crippen LogP) is 2.19. The summed E-state index contributed by atoms with van der Waals surface area (Å²) in [6.45, 7) is 0.681. The van der Waals surface area contributed by atoms with E-state index in [4.69, 9.17) is 19.3 Å². The molecule has 0 saturated carbocycles. The molecule has 0 aromatic heterocycles. The standard InChI is InChI=1S/C19H20O7/c20-5-6-24-7-8-25-14-9-15(22)19-16(23)11-17(26-18(19)10-14)12-1-3-13(21)4-2-12/h1-4,9-10,17,20-22H,5-8,11H2. The Morgan fingerprint density at radius 1 is 1.08 bits per heavy atom. The van der Waals surface area contributed by atoms with Gasteiger partial charge >= 0.3 is 0 Å². The molecule has 1 heterocycles. The van der Waals surface area contributed by atoms with Crippen molar-refractivity contribution < 1.29 is 34.3 Å². The minimum absolute atomic E-state index is 0.0613. The SMILES string of the molecule is O=C1CC(c2ccc(O)cc2)Oc2cc(OCCOCCO)cc(O)c21. The lowest BCUT2D eigenvalue weighted by molar-refractivity contribution is 0.0701. The largest absolute Gasteiger partial charge is 0.508 e. The van der Waals surface area contributed by atoms with Gasteiger partial charge in [-0.1, -0.05) is 12.1 Å². The van der Waals surface area contributed by atoms with E-state index in [1.807, 2.05) is 0 Å². The molecule has 1 aliphatic heterocycles. The van der Waals surface area contributed by atoms with Crippen molar-refractivity contribution in [1.82, 2.24) is 0 Å². The summed E-state index contributed by atoms with van der Waals surface area (Å²) in [5, 5.41) is 28.2. The van der Waals surface area contributed by atoms with Crippen LogP contribution in [-0.4, -0.2) is 47.5 Å². The number of phenolic OH excluding ortho intramolecular Hbond substituents is 2. The van der Waals surface area contributed by atoms with E-state index in [2.05, 4.69) is 0 Å². The van der Waals surface area contributed by atoms with Crippen LogP contribution >= 0.6 is 0 Å². The molecule has 3 N–H and O–H groups in total. The van der Waals surface area contributed by atoms with E-state index in [1.54, 1.807) is 18.2 Å². The number of ketones is 1. The Morgan fingerprint density at radius 2 is 1.85 bits per heavy atom. The average molecular weight is 360 g/mol. The Bertz CT molecular complexity index is 770. The van der Waals surface area contributed by atoms with Gasteiger partial charge in [0, 0.05) is 12.1 Å². The lowest BCUT2D eigenvalue weighted by atomic mass is 9.95. The molecule has 1 aliphatic rings. The van der Waals surface area contributed by atoms with Gasteiger partial charge in [-0.25, -0.2) is 0 Å². The highest BCUT2D eigenvalue weighted by Gasteiger charge is 2.31. The van der Waals surface area contributed by atoms with E-state index in [0.29, 0.717) is 5.75 Å². The highest BCUT2D eigenvalue weighted by molar-refractivity contribution is 6.02. The molecule has 0 spiro atoms. The molecule has 138 valence electrons. The summed E-state index contributed by atoms with van der Waals surface area (Å²) in [6.07, 6.45) is -0.404. The summed E-state index contributed by atoms with van der Waals surface area (Å²) in [6, 6.07) is 9.37. The lowest BCUT2D eigenvalue weighted by Crippen LogP contribution is -2.20. The minimum atomic E-state index is -0.502. The van der Waals surface area contributed by atoms with E-state index < -0.39 is 6.10 Å². The number of aliphatic hydroxyl groups is 1. The van der Waals surface area contributed by atoms with Gasteiger partial charge in [-0.15, -0.1) is 0 Å². The molecule has 0 radical (unpaired) electrons. The van der Waals surface area contributed by atoms with Crippen molar-refractivity contribution in [2.24, 2.45) is 0 Å². The normalized spacial score (nSPS) is 16.0. The van der Waals surface area contributed by atoms with Gasteiger partial charge in [-0.05, 0) is 17.7 Å². The van der Waals surface area contributed by atoms with Crippen LogP contribution in [0, 0.1) is 0 Å². The number of phenols is 2. The molecule has 1 atom stereocenters. The van der Waals surface area contributed by atoms with Gasteiger partial charge < -0.3 is 29.5 Å². The summed E-state index contributed by atoms with van der Waals surface area (Å²) >= 11 is 0.